The summed E-state index contributed by atoms with van der Waals surface area (Å²) >= 11 is 6.14. The van der Waals surface area contributed by atoms with Gasteiger partial charge >= 0.3 is 5.97 Å². The van der Waals surface area contributed by atoms with Crippen molar-refractivity contribution < 1.29 is 22.5 Å². The monoisotopic (exact) mass is 475 g/mol. The highest BCUT2D eigenvalue weighted by atomic mass is 35.5. The third kappa shape index (κ3) is 4.85. The number of aryl methyl sites for hydroxylation is 1. The maximum Gasteiger partial charge on any atom is 0.340 e. The number of ether oxygens (including phenoxy) is 1. The van der Waals surface area contributed by atoms with E-state index in [1.54, 1.807) is 0 Å². The summed E-state index contributed by atoms with van der Waals surface area (Å²) in [6.45, 7) is 2.64. The van der Waals surface area contributed by atoms with Crippen molar-refractivity contribution in [2.24, 2.45) is 0 Å². The Hall–Kier alpha value is -2.75. The average Bonchev–Trinajstić information content (AvgIpc) is 3.28. The fourth-order valence-corrected chi connectivity index (χ4v) is 5.15. The Morgan fingerprint density at radius 1 is 1.12 bits per heavy atom. The largest absolute Gasteiger partial charge is 0.452 e. The fraction of sp³-hybridized carbons (Fsp3) is 0.318. The van der Waals surface area contributed by atoms with Crippen LogP contribution >= 0.6 is 11.6 Å². The summed E-state index contributed by atoms with van der Waals surface area (Å²) in [5, 5.41) is 3.99. The third-order valence-corrected chi connectivity index (χ3v) is 7.44. The second kappa shape index (κ2) is 9.40. The predicted octanol–water partition coefficient (Wildman–Crippen LogP) is 4.23. The number of sulfonamides is 1. The number of nitrogens with zero attached hydrogens (tertiary/aromatic N) is 3. The minimum Gasteiger partial charge on any atom is -0.452 e. The maximum atomic E-state index is 12.9. The van der Waals surface area contributed by atoms with Gasteiger partial charge in [0.15, 0.2) is 6.61 Å². The van der Waals surface area contributed by atoms with Crippen LogP contribution in [0.5, 0.6) is 0 Å². The summed E-state index contributed by atoms with van der Waals surface area (Å²) in [7, 11) is -3.71. The lowest BCUT2D eigenvalue weighted by atomic mass is 10.1. The van der Waals surface area contributed by atoms with E-state index in [1.165, 1.54) is 22.5 Å². The molecule has 4 rings (SSSR count). The van der Waals surface area contributed by atoms with E-state index < -0.39 is 16.0 Å². The van der Waals surface area contributed by atoms with Gasteiger partial charge in [-0.05, 0) is 38.0 Å². The molecule has 1 fully saturated rings. The molecule has 0 atom stereocenters. The van der Waals surface area contributed by atoms with Gasteiger partial charge in [-0.3, -0.25) is 0 Å². The molecule has 0 bridgehead atoms. The van der Waals surface area contributed by atoms with Gasteiger partial charge in [-0.2, -0.15) is 9.29 Å². The number of carbonyl (C=O) groups excluding carboxylic acids is 1. The van der Waals surface area contributed by atoms with Gasteiger partial charge in [0.05, 0.1) is 15.5 Å². The van der Waals surface area contributed by atoms with Crippen LogP contribution in [0.3, 0.4) is 0 Å². The molecule has 0 saturated carbocycles. The molecule has 3 aromatic rings. The van der Waals surface area contributed by atoms with E-state index in [0.717, 1.165) is 30.4 Å². The summed E-state index contributed by atoms with van der Waals surface area (Å²) in [5.41, 5.74) is 1.84. The van der Waals surface area contributed by atoms with Crippen LogP contribution < -0.4 is 0 Å². The van der Waals surface area contributed by atoms with E-state index in [9.17, 15) is 13.2 Å². The molecule has 0 radical (unpaired) electrons. The molecule has 1 saturated heterocycles. The molecule has 2 heterocycles. The molecule has 1 aromatic heterocycles. The number of hydrogen-bond donors (Lipinski definition) is 0. The molecule has 0 spiro atoms. The lowest BCUT2D eigenvalue weighted by Gasteiger charge is -2.26. The molecule has 0 aliphatic carbocycles. The zero-order chi connectivity index (χ0) is 22.7. The van der Waals surface area contributed by atoms with Crippen LogP contribution in [0.4, 0.5) is 0 Å². The van der Waals surface area contributed by atoms with Gasteiger partial charge in [-0.15, -0.1) is 0 Å². The first-order chi connectivity index (χ1) is 15.3. The van der Waals surface area contributed by atoms with Crippen molar-refractivity contribution >= 4 is 27.6 Å². The predicted molar refractivity (Wildman–Crippen MR) is 118 cm³/mol. The van der Waals surface area contributed by atoms with E-state index in [1.807, 2.05) is 31.2 Å². The Morgan fingerprint density at radius 2 is 1.84 bits per heavy atom. The van der Waals surface area contributed by atoms with Crippen molar-refractivity contribution in [1.82, 2.24) is 14.4 Å². The van der Waals surface area contributed by atoms with Crippen LogP contribution in [0, 0.1) is 6.92 Å². The summed E-state index contributed by atoms with van der Waals surface area (Å²) in [6.07, 6.45) is 2.64. The normalized spacial score (nSPS) is 14.9. The van der Waals surface area contributed by atoms with Crippen LogP contribution in [0.2, 0.25) is 5.02 Å². The Balaban J connectivity index is 1.47. The van der Waals surface area contributed by atoms with Gasteiger partial charge in [0, 0.05) is 18.7 Å². The van der Waals surface area contributed by atoms with Crippen molar-refractivity contribution in [1.29, 1.82) is 0 Å². The van der Waals surface area contributed by atoms with Gasteiger partial charge < -0.3 is 9.26 Å². The summed E-state index contributed by atoms with van der Waals surface area (Å²) in [6, 6.07) is 11.6. The molecule has 1 aliphatic heterocycles. The number of aromatic nitrogens is 2. The quantitative estimate of drug-likeness (QED) is 0.491. The van der Waals surface area contributed by atoms with Gasteiger partial charge in [-0.1, -0.05) is 53.0 Å². The number of piperidine rings is 1. The van der Waals surface area contributed by atoms with Crippen LogP contribution in [0.1, 0.15) is 41.1 Å². The molecule has 1 aliphatic rings. The zero-order valence-corrected chi connectivity index (χ0v) is 19.0. The molecule has 2 aromatic carbocycles. The van der Waals surface area contributed by atoms with Crippen molar-refractivity contribution in [2.75, 3.05) is 13.1 Å². The summed E-state index contributed by atoms with van der Waals surface area (Å²) in [5.74, 6) is -0.286. The number of halogens is 1. The number of esters is 1. The van der Waals surface area contributed by atoms with Crippen LogP contribution in [-0.2, 0) is 21.4 Å². The van der Waals surface area contributed by atoms with Crippen molar-refractivity contribution in [3.05, 3.63) is 64.5 Å². The smallest absolute Gasteiger partial charge is 0.340 e. The number of benzene rings is 2. The molecular formula is C22H22ClN3O5S. The summed E-state index contributed by atoms with van der Waals surface area (Å²) in [4.78, 5) is 16.8. The second-order valence-corrected chi connectivity index (χ2v) is 9.91. The Bertz CT molecular complexity index is 1220. The molecule has 32 heavy (non-hydrogen) atoms. The van der Waals surface area contributed by atoms with Crippen molar-refractivity contribution in [3.8, 4) is 11.4 Å². The molecule has 10 heteroatoms. The summed E-state index contributed by atoms with van der Waals surface area (Å²) < 4.78 is 37.6. The highest BCUT2D eigenvalue weighted by Gasteiger charge is 2.27. The number of hydrogen-bond acceptors (Lipinski definition) is 7. The molecule has 8 nitrogen and oxygen atoms in total. The van der Waals surface area contributed by atoms with E-state index in [0.29, 0.717) is 18.9 Å². The third-order valence-electron chi connectivity index (χ3n) is 5.22. The van der Waals surface area contributed by atoms with Gasteiger partial charge in [0.1, 0.15) is 0 Å². The van der Waals surface area contributed by atoms with E-state index in [2.05, 4.69) is 10.1 Å². The highest BCUT2D eigenvalue weighted by molar-refractivity contribution is 7.89. The lowest BCUT2D eigenvalue weighted by Crippen LogP contribution is -2.35. The SMILES string of the molecule is Cc1ccc(-c2noc(COC(=O)c3cc(S(=O)(=O)N4CCCCC4)ccc3Cl)n2)cc1. The number of rotatable bonds is 6. The highest BCUT2D eigenvalue weighted by Crippen LogP contribution is 2.26. The minimum absolute atomic E-state index is 0.00944. The zero-order valence-electron chi connectivity index (χ0n) is 17.5. The Morgan fingerprint density at radius 3 is 2.56 bits per heavy atom. The standard InChI is InChI=1S/C22H22ClN3O5S/c1-15-5-7-16(8-6-15)21-24-20(31-25-21)14-30-22(27)18-13-17(9-10-19(18)23)32(28,29)26-11-3-2-4-12-26/h5-10,13H,2-4,11-12,14H2,1H3. The Kier molecular flexibility index (Phi) is 6.59. The number of carbonyl (C=O) groups is 1. The minimum atomic E-state index is -3.71. The molecule has 0 N–H and O–H groups in total. The molecule has 168 valence electrons. The molecule has 0 amide bonds. The van der Waals surface area contributed by atoms with Crippen LogP contribution in [0.15, 0.2) is 51.9 Å². The van der Waals surface area contributed by atoms with Gasteiger partial charge in [-0.25, -0.2) is 13.2 Å². The first kappa shape index (κ1) is 22.4. The fourth-order valence-electron chi connectivity index (χ4n) is 3.41. The molecular weight excluding hydrogens is 454 g/mol. The van der Waals surface area contributed by atoms with Crippen LogP contribution in [0.25, 0.3) is 11.4 Å². The Labute approximate surface area is 191 Å². The van der Waals surface area contributed by atoms with Gasteiger partial charge in [0.25, 0.3) is 5.89 Å². The van der Waals surface area contributed by atoms with Crippen LogP contribution in [-0.4, -0.2) is 41.9 Å². The van der Waals surface area contributed by atoms with Crippen molar-refractivity contribution in [3.63, 3.8) is 0 Å². The first-order valence-corrected chi connectivity index (χ1v) is 12.0. The maximum absolute atomic E-state index is 12.9. The van der Waals surface area contributed by atoms with E-state index >= 15 is 0 Å². The molecule has 0 unspecified atom stereocenters. The van der Waals surface area contributed by atoms with E-state index in [-0.39, 0.29) is 28.0 Å². The first-order valence-electron chi connectivity index (χ1n) is 10.2. The second-order valence-electron chi connectivity index (χ2n) is 7.56. The van der Waals surface area contributed by atoms with E-state index in [4.69, 9.17) is 20.9 Å². The topological polar surface area (TPSA) is 103 Å². The van der Waals surface area contributed by atoms with Gasteiger partial charge in [0.2, 0.25) is 15.8 Å². The lowest BCUT2D eigenvalue weighted by molar-refractivity contribution is 0.0429. The van der Waals surface area contributed by atoms with Crippen molar-refractivity contribution in [2.45, 2.75) is 37.7 Å². The average molecular weight is 476 g/mol.